The SMILES string of the molecule is N#CC(C(=O)O)C1(C([NH])=O)CCCCC1. The second-order valence-corrected chi connectivity index (χ2v) is 3.95. The van der Waals surface area contributed by atoms with Crippen molar-refractivity contribution in [2.24, 2.45) is 11.3 Å². The molecule has 1 aliphatic rings. The van der Waals surface area contributed by atoms with E-state index in [9.17, 15) is 9.59 Å². The summed E-state index contributed by atoms with van der Waals surface area (Å²) < 4.78 is 0. The van der Waals surface area contributed by atoms with E-state index in [4.69, 9.17) is 16.1 Å². The van der Waals surface area contributed by atoms with Crippen molar-refractivity contribution in [3.63, 3.8) is 0 Å². The van der Waals surface area contributed by atoms with E-state index in [1.165, 1.54) is 0 Å². The molecule has 0 aromatic heterocycles. The molecule has 1 fully saturated rings. The van der Waals surface area contributed by atoms with E-state index in [-0.39, 0.29) is 0 Å². The molecule has 81 valence electrons. The quantitative estimate of drug-likeness (QED) is 0.747. The molecule has 0 bridgehead atoms. The number of nitrogens with one attached hydrogen (secondary N) is 1. The van der Waals surface area contributed by atoms with Crippen molar-refractivity contribution >= 4 is 11.9 Å². The molecule has 0 aromatic rings. The number of aliphatic carboxylic acids is 1. The van der Waals surface area contributed by atoms with Gasteiger partial charge in [0.25, 0.3) is 0 Å². The summed E-state index contributed by atoms with van der Waals surface area (Å²) in [7, 11) is 0. The summed E-state index contributed by atoms with van der Waals surface area (Å²) >= 11 is 0. The highest BCUT2D eigenvalue weighted by Gasteiger charge is 2.49. The van der Waals surface area contributed by atoms with Crippen molar-refractivity contribution < 1.29 is 14.7 Å². The first-order valence-corrected chi connectivity index (χ1v) is 4.93. The normalized spacial score (nSPS) is 21.3. The van der Waals surface area contributed by atoms with Crippen LogP contribution in [0.4, 0.5) is 0 Å². The Morgan fingerprint density at radius 2 is 1.87 bits per heavy atom. The fourth-order valence-electron chi connectivity index (χ4n) is 2.24. The van der Waals surface area contributed by atoms with Gasteiger partial charge in [-0.05, 0) is 12.8 Å². The maximum absolute atomic E-state index is 11.3. The van der Waals surface area contributed by atoms with Crippen LogP contribution in [0.2, 0.25) is 0 Å². The van der Waals surface area contributed by atoms with Gasteiger partial charge in [0, 0.05) is 0 Å². The lowest BCUT2D eigenvalue weighted by Gasteiger charge is -2.35. The molecular formula is C10H13N2O3. The number of nitrogens with zero attached hydrogens (tertiary/aromatic N) is 1. The molecule has 5 nitrogen and oxygen atoms in total. The molecule has 1 unspecified atom stereocenters. The van der Waals surface area contributed by atoms with Crippen LogP contribution >= 0.6 is 0 Å². The summed E-state index contributed by atoms with van der Waals surface area (Å²) in [6, 6.07) is 1.65. The summed E-state index contributed by atoms with van der Waals surface area (Å²) in [6.45, 7) is 0. The van der Waals surface area contributed by atoms with Crippen LogP contribution in [0, 0.1) is 22.7 Å². The molecule has 0 aromatic carbocycles. The monoisotopic (exact) mass is 209 g/mol. The molecule has 0 aliphatic heterocycles. The molecule has 1 saturated carbocycles. The van der Waals surface area contributed by atoms with Crippen molar-refractivity contribution in [3.8, 4) is 6.07 Å². The predicted molar refractivity (Wildman–Crippen MR) is 50.4 cm³/mol. The van der Waals surface area contributed by atoms with Crippen molar-refractivity contribution in [2.75, 3.05) is 0 Å². The standard InChI is InChI=1S/C10H13N2O3/c11-6-7(8(13)14)10(9(12)15)4-2-1-3-5-10/h7,12H,1-5H2,(H,13,14). The predicted octanol–water partition coefficient (Wildman–Crippen LogP) is 0.971. The van der Waals surface area contributed by atoms with Crippen LogP contribution < -0.4 is 5.73 Å². The third-order valence-electron chi connectivity index (χ3n) is 3.13. The minimum Gasteiger partial charge on any atom is -0.480 e. The maximum Gasteiger partial charge on any atom is 0.322 e. The molecule has 0 spiro atoms. The Bertz CT molecular complexity index is 313. The second-order valence-electron chi connectivity index (χ2n) is 3.95. The van der Waals surface area contributed by atoms with Crippen LogP contribution in [-0.4, -0.2) is 17.0 Å². The Hall–Kier alpha value is -1.57. The molecule has 1 amide bonds. The van der Waals surface area contributed by atoms with E-state index in [0.29, 0.717) is 12.8 Å². The molecule has 0 saturated heterocycles. The van der Waals surface area contributed by atoms with E-state index in [2.05, 4.69) is 0 Å². The van der Waals surface area contributed by atoms with Crippen molar-refractivity contribution in [1.82, 2.24) is 5.73 Å². The number of hydrogen-bond acceptors (Lipinski definition) is 3. The fourth-order valence-corrected chi connectivity index (χ4v) is 2.24. The molecule has 15 heavy (non-hydrogen) atoms. The Labute approximate surface area is 87.9 Å². The zero-order valence-corrected chi connectivity index (χ0v) is 8.32. The first-order chi connectivity index (χ1) is 7.04. The summed E-state index contributed by atoms with van der Waals surface area (Å²) in [5.74, 6) is -3.57. The average molecular weight is 209 g/mol. The van der Waals surface area contributed by atoms with Gasteiger partial charge in [0.2, 0.25) is 5.91 Å². The van der Waals surface area contributed by atoms with Crippen LogP contribution in [0.3, 0.4) is 0 Å². The van der Waals surface area contributed by atoms with Crippen molar-refractivity contribution in [2.45, 2.75) is 32.1 Å². The lowest BCUT2D eigenvalue weighted by Crippen LogP contribution is -2.44. The summed E-state index contributed by atoms with van der Waals surface area (Å²) in [5, 5.41) is 17.7. The van der Waals surface area contributed by atoms with Crippen LogP contribution in [0.15, 0.2) is 0 Å². The van der Waals surface area contributed by atoms with E-state index < -0.39 is 23.2 Å². The Balaban J connectivity index is 3.04. The minimum atomic E-state index is -1.37. The topological polar surface area (TPSA) is 102 Å². The van der Waals surface area contributed by atoms with Gasteiger partial charge < -0.3 is 5.11 Å². The number of rotatable bonds is 3. The number of carboxylic acids is 1. The smallest absolute Gasteiger partial charge is 0.322 e. The number of carbonyl (C=O) groups excluding carboxylic acids is 1. The summed E-state index contributed by atoms with van der Waals surface area (Å²) in [5.41, 5.74) is 5.93. The third kappa shape index (κ3) is 1.94. The van der Waals surface area contributed by atoms with Crippen LogP contribution in [0.1, 0.15) is 32.1 Å². The van der Waals surface area contributed by atoms with Gasteiger partial charge in [-0.1, -0.05) is 19.3 Å². The highest BCUT2D eigenvalue weighted by atomic mass is 16.4. The van der Waals surface area contributed by atoms with Gasteiger partial charge in [0.15, 0.2) is 5.92 Å². The number of carboxylic acid groups (broad SMARTS) is 1. The average Bonchev–Trinajstić information content (AvgIpc) is 2.19. The zero-order chi connectivity index (χ0) is 11.5. The summed E-state index contributed by atoms with van der Waals surface area (Å²) in [4.78, 5) is 22.2. The fraction of sp³-hybridized carbons (Fsp3) is 0.700. The Kier molecular flexibility index (Phi) is 3.30. The van der Waals surface area contributed by atoms with Crippen molar-refractivity contribution in [3.05, 3.63) is 0 Å². The van der Waals surface area contributed by atoms with Gasteiger partial charge in [-0.15, -0.1) is 0 Å². The first-order valence-electron chi connectivity index (χ1n) is 4.93. The molecule has 1 aliphatic carbocycles. The van der Waals surface area contributed by atoms with Crippen molar-refractivity contribution in [1.29, 1.82) is 5.26 Å². The minimum absolute atomic E-state index is 0.347. The lowest BCUT2D eigenvalue weighted by molar-refractivity contribution is -0.151. The zero-order valence-electron chi connectivity index (χ0n) is 8.32. The van der Waals surface area contributed by atoms with Crippen LogP contribution in [0.5, 0.6) is 0 Å². The van der Waals surface area contributed by atoms with E-state index >= 15 is 0 Å². The first kappa shape index (κ1) is 11.5. The van der Waals surface area contributed by atoms with E-state index in [1.807, 2.05) is 0 Å². The van der Waals surface area contributed by atoms with Gasteiger partial charge in [-0.2, -0.15) is 5.26 Å². The summed E-state index contributed by atoms with van der Waals surface area (Å²) in [6.07, 6.45) is 3.07. The molecule has 1 rings (SSSR count). The van der Waals surface area contributed by atoms with Gasteiger partial charge in [0.1, 0.15) is 0 Å². The van der Waals surface area contributed by atoms with Crippen LogP contribution in [0.25, 0.3) is 0 Å². The molecule has 2 N–H and O–H groups in total. The maximum atomic E-state index is 11.3. The molecule has 1 atom stereocenters. The third-order valence-corrected chi connectivity index (χ3v) is 3.13. The van der Waals surface area contributed by atoms with Gasteiger partial charge >= 0.3 is 5.97 Å². The number of carbonyl (C=O) groups is 2. The second kappa shape index (κ2) is 4.30. The number of amides is 1. The lowest BCUT2D eigenvalue weighted by atomic mass is 9.65. The Morgan fingerprint density at radius 1 is 1.33 bits per heavy atom. The van der Waals surface area contributed by atoms with E-state index in [1.54, 1.807) is 6.07 Å². The molecular weight excluding hydrogens is 196 g/mol. The van der Waals surface area contributed by atoms with Gasteiger partial charge in [0.05, 0.1) is 11.5 Å². The Morgan fingerprint density at radius 3 is 2.20 bits per heavy atom. The van der Waals surface area contributed by atoms with Gasteiger partial charge in [-0.3, -0.25) is 15.3 Å². The largest absolute Gasteiger partial charge is 0.480 e. The van der Waals surface area contributed by atoms with Gasteiger partial charge in [-0.25, -0.2) is 0 Å². The number of nitriles is 1. The van der Waals surface area contributed by atoms with E-state index in [0.717, 1.165) is 19.3 Å². The highest BCUT2D eigenvalue weighted by Crippen LogP contribution is 2.42. The van der Waals surface area contributed by atoms with Crippen LogP contribution in [-0.2, 0) is 9.59 Å². The highest BCUT2D eigenvalue weighted by molar-refractivity contribution is 5.88. The molecule has 1 radical (unpaired) electrons. The number of hydrogen-bond donors (Lipinski definition) is 1. The molecule has 5 heteroatoms. The molecule has 0 heterocycles.